The van der Waals surface area contributed by atoms with Gasteiger partial charge >= 0.3 is 0 Å². The zero-order valence-corrected chi connectivity index (χ0v) is 24.4. The Balaban J connectivity index is 1.53. The molecule has 1 aromatic heterocycles. The summed E-state index contributed by atoms with van der Waals surface area (Å²) in [4.78, 5) is 38.5. The van der Waals surface area contributed by atoms with Crippen LogP contribution in [-0.4, -0.2) is 85.9 Å². The van der Waals surface area contributed by atoms with E-state index in [-0.39, 0.29) is 48.8 Å². The molecule has 1 fully saturated rings. The molecule has 14 heteroatoms. The molecule has 11 nitrogen and oxygen atoms in total. The third-order valence-electron chi connectivity index (χ3n) is 7.58. The number of rotatable bonds is 10. The Bertz CT molecular complexity index is 1260. The summed E-state index contributed by atoms with van der Waals surface area (Å²) >= 11 is 6.39. The fraction of sp³-hybridized carbons (Fsp3) is 0.556. The van der Waals surface area contributed by atoms with Gasteiger partial charge in [0.2, 0.25) is 18.1 Å². The molecule has 3 atom stereocenters. The second kappa shape index (κ2) is 12.7. The first-order valence-electron chi connectivity index (χ1n) is 13.6. The van der Waals surface area contributed by atoms with Crippen LogP contribution >= 0.6 is 11.6 Å². The Morgan fingerprint density at radius 3 is 2.59 bits per heavy atom. The van der Waals surface area contributed by atoms with Gasteiger partial charge in [0.15, 0.2) is 5.82 Å². The van der Waals surface area contributed by atoms with Crippen molar-refractivity contribution in [1.29, 1.82) is 0 Å². The molecule has 3 heterocycles. The summed E-state index contributed by atoms with van der Waals surface area (Å²) < 4.78 is 28.7. The first-order valence-corrected chi connectivity index (χ1v) is 14.0. The van der Waals surface area contributed by atoms with Crippen LogP contribution in [0.25, 0.3) is 0 Å². The van der Waals surface area contributed by atoms with Crippen LogP contribution in [0, 0.1) is 11.8 Å². The molecule has 0 spiro atoms. The predicted octanol–water partition coefficient (Wildman–Crippen LogP) is 2.82. The Hall–Kier alpha value is -3.29. The van der Waals surface area contributed by atoms with E-state index in [9.17, 15) is 23.5 Å². The largest absolute Gasteiger partial charge is 0.365 e. The van der Waals surface area contributed by atoms with E-state index in [0.29, 0.717) is 23.6 Å². The maximum Gasteiger partial charge on any atom is 0.276 e. The van der Waals surface area contributed by atoms with Crippen molar-refractivity contribution in [2.75, 3.05) is 66.8 Å². The number of aliphatic hydroxyl groups excluding tert-OH is 1. The molecule has 4 N–H and O–H groups in total. The fourth-order valence-electron chi connectivity index (χ4n) is 5.08. The van der Waals surface area contributed by atoms with Gasteiger partial charge in [-0.05, 0) is 38.2 Å². The van der Waals surface area contributed by atoms with Crippen molar-refractivity contribution in [3.63, 3.8) is 0 Å². The van der Waals surface area contributed by atoms with E-state index in [4.69, 9.17) is 11.6 Å². The van der Waals surface area contributed by atoms with Crippen molar-refractivity contribution >= 4 is 52.2 Å². The number of nitrogens with zero attached hydrogens (tertiary/aromatic N) is 5. The van der Waals surface area contributed by atoms with Crippen LogP contribution in [0.3, 0.4) is 0 Å². The van der Waals surface area contributed by atoms with Crippen LogP contribution < -0.4 is 30.7 Å². The third kappa shape index (κ3) is 6.62. The van der Waals surface area contributed by atoms with E-state index in [1.54, 1.807) is 30.1 Å². The van der Waals surface area contributed by atoms with E-state index in [2.05, 4.69) is 25.9 Å². The Labute approximate surface area is 243 Å². The van der Waals surface area contributed by atoms with Gasteiger partial charge in [0, 0.05) is 57.2 Å². The highest BCUT2D eigenvalue weighted by atomic mass is 35.5. The van der Waals surface area contributed by atoms with Gasteiger partial charge in [-0.1, -0.05) is 25.4 Å². The molecule has 0 radical (unpaired) electrons. The highest BCUT2D eigenvalue weighted by Crippen LogP contribution is 2.40. The summed E-state index contributed by atoms with van der Waals surface area (Å²) in [5.74, 6) is -4.63. The van der Waals surface area contributed by atoms with Crippen molar-refractivity contribution in [3.05, 3.63) is 29.4 Å². The monoisotopic (exact) mass is 594 g/mol. The molecular formula is C27H37ClF2N8O3. The lowest BCUT2D eigenvalue weighted by Gasteiger charge is -2.41. The number of aliphatic hydroxyl groups is 1. The molecule has 1 unspecified atom stereocenters. The maximum atomic E-state index is 14.4. The lowest BCUT2D eigenvalue weighted by Crippen LogP contribution is -2.53. The van der Waals surface area contributed by atoms with Gasteiger partial charge in [0.05, 0.1) is 17.6 Å². The van der Waals surface area contributed by atoms with E-state index in [0.717, 1.165) is 13.0 Å². The number of likely N-dealkylation sites (N-methyl/N-ethyl adjacent to an activating group) is 1. The molecule has 2 aliphatic rings. The quantitative estimate of drug-likeness (QED) is 0.307. The molecule has 2 aromatic rings. The molecule has 1 saturated heterocycles. The lowest BCUT2D eigenvalue weighted by molar-refractivity contribution is -0.127. The van der Waals surface area contributed by atoms with Gasteiger partial charge in [-0.25, -0.2) is 13.8 Å². The van der Waals surface area contributed by atoms with E-state index in [1.165, 1.54) is 29.8 Å². The summed E-state index contributed by atoms with van der Waals surface area (Å²) in [6.45, 7) is 4.65. The molecule has 1 aromatic carbocycles. The first kappa shape index (κ1) is 30.7. The number of carbonyl (C=O) groups is 2. The third-order valence-corrected chi connectivity index (χ3v) is 7.85. The average molecular weight is 595 g/mol. The summed E-state index contributed by atoms with van der Waals surface area (Å²) in [5, 5.41) is 20.0. The highest BCUT2D eigenvalue weighted by molar-refractivity contribution is 6.32. The number of hydrogen-bond acceptors (Lipinski definition) is 9. The molecule has 224 valence electrons. The number of fused-ring (bicyclic) bond motifs is 1. The van der Waals surface area contributed by atoms with Crippen molar-refractivity contribution in [2.24, 2.45) is 11.8 Å². The Kier molecular flexibility index (Phi) is 9.50. The fourth-order valence-corrected chi connectivity index (χ4v) is 5.22. The van der Waals surface area contributed by atoms with Crippen LogP contribution in [0.15, 0.2) is 24.4 Å². The number of halogens is 3. The van der Waals surface area contributed by atoms with Crippen LogP contribution in [-0.2, 0) is 9.59 Å². The minimum atomic E-state index is -2.77. The standard InChI is InChI=1S/C27H37ClF2N8O3/c1-16-14-37(15-17(2)27(16,29)30)26-33-13-19(28)23(35-26)34-18-6-7-20-21(12-18)38(25(41)24(40)36(20)4)11-8-22(39)32-10-5-9-31-3/h6-7,12-13,16-17,25,31,41H,5,8-11,14-15H2,1-4H3,(H,32,39)(H,33,34,35)/t16-,17+,25?. The summed E-state index contributed by atoms with van der Waals surface area (Å²) in [6.07, 6.45) is 0.822. The minimum Gasteiger partial charge on any atom is -0.365 e. The van der Waals surface area contributed by atoms with E-state index >= 15 is 0 Å². The molecule has 2 amide bonds. The number of nitrogens with one attached hydrogen (secondary N) is 3. The predicted molar refractivity (Wildman–Crippen MR) is 155 cm³/mol. The number of carbonyl (C=O) groups excluding carboxylic acids is 2. The van der Waals surface area contributed by atoms with Crippen molar-refractivity contribution in [2.45, 2.75) is 38.8 Å². The highest BCUT2D eigenvalue weighted by Gasteiger charge is 2.47. The molecule has 0 saturated carbocycles. The summed E-state index contributed by atoms with van der Waals surface area (Å²) in [7, 11) is 3.41. The maximum absolute atomic E-state index is 14.4. The molecule has 41 heavy (non-hydrogen) atoms. The van der Waals surface area contributed by atoms with Gasteiger partial charge in [0.25, 0.3) is 11.8 Å². The number of alkyl halides is 2. The van der Waals surface area contributed by atoms with Crippen molar-refractivity contribution in [1.82, 2.24) is 20.6 Å². The number of anilines is 5. The Morgan fingerprint density at radius 2 is 1.90 bits per heavy atom. The van der Waals surface area contributed by atoms with E-state index in [1.807, 2.05) is 7.05 Å². The summed E-state index contributed by atoms with van der Waals surface area (Å²) in [6, 6.07) is 5.19. The molecular weight excluding hydrogens is 558 g/mol. The molecule has 4 rings (SSSR count). The zero-order chi connectivity index (χ0) is 29.9. The van der Waals surface area contributed by atoms with Gasteiger partial charge in [-0.3, -0.25) is 9.59 Å². The molecule has 0 bridgehead atoms. The SMILES string of the molecule is CNCCCNC(=O)CCN1c2cc(Nc3nc(N4C[C@@H](C)C(F)(F)[C@@H](C)C4)ncc3Cl)ccc2N(C)C(=O)C1O. The topological polar surface area (TPSA) is 126 Å². The van der Waals surface area contributed by atoms with Crippen molar-refractivity contribution < 1.29 is 23.5 Å². The first-order chi connectivity index (χ1) is 19.4. The van der Waals surface area contributed by atoms with Gasteiger partial charge in [-0.15, -0.1) is 0 Å². The summed E-state index contributed by atoms with van der Waals surface area (Å²) in [5.41, 5.74) is 1.66. The van der Waals surface area contributed by atoms with Crippen LogP contribution in [0.5, 0.6) is 0 Å². The number of piperidine rings is 1. The minimum absolute atomic E-state index is 0.0809. The number of hydrogen-bond donors (Lipinski definition) is 4. The van der Waals surface area contributed by atoms with Crippen LogP contribution in [0.2, 0.25) is 5.02 Å². The number of amides is 2. The molecule has 2 aliphatic heterocycles. The zero-order valence-electron chi connectivity index (χ0n) is 23.6. The van der Waals surface area contributed by atoms with Crippen LogP contribution in [0.1, 0.15) is 26.7 Å². The van der Waals surface area contributed by atoms with Gasteiger partial charge in [-0.2, -0.15) is 4.98 Å². The Morgan fingerprint density at radius 1 is 1.20 bits per heavy atom. The lowest BCUT2D eigenvalue weighted by atomic mass is 9.87. The van der Waals surface area contributed by atoms with Crippen molar-refractivity contribution in [3.8, 4) is 0 Å². The van der Waals surface area contributed by atoms with E-state index < -0.39 is 29.9 Å². The second-order valence-electron chi connectivity index (χ2n) is 10.6. The number of benzene rings is 1. The number of aromatic nitrogens is 2. The van der Waals surface area contributed by atoms with Gasteiger partial charge < -0.3 is 35.8 Å². The smallest absolute Gasteiger partial charge is 0.276 e. The van der Waals surface area contributed by atoms with Gasteiger partial charge in [0.1, 0.15) is 5.02 Å². The molecule has 0 aliphatic carbocycles. The second-order valence-corrected chi connectivity index (χ2v) is 11.0. The van der Waals surface area contributed by atoms with Crippen LogP contribution in [0.4, 0.5) is 37.6 Å². The normalized spacial score (nSPS) is 22.0. The average Bonchev–Trinajstić information content (AvgIpc) is 2.94.